The lowest BCUT2D eigenvalue weighted by Crippen LogP contribution is -1.94. The van der Waals surface area contributed by atoms with Gasteiger partial charge in [0.25, 0.3) is 0 Å². The lowest BCUT2D eigenvalue weighted by molar-refractivity contribution is 1.13. The molecule has 0 aliphatic heterocycles. The Morgan fingerprint density at radius 2 is 2.08 bits per heavy atom. The average molecular weight is 485 g/mol. The van der Waals surface area contributed by atoms with Gasteiger partial charge < -0.3 is 0 Å². The molecule has 0 aliphatic carbocycles. The van der Waals surface area contributed by atoms with Gasteiger partial charge in [-0.05, 0) is 23.6 Å². The Kier molecular flexibility index (Phi) is 5.90. The third-order valence-electron chi connectivity index (χ3n) is 1.73. The zero-order chi connectivity index (χ0) is 9.84. The van der Waals surface area contributed by atoms with Crippen LogP contribution in [0.3, 0.4) is 0 Å². The minimum Gasteiger partial charge on any atom is -0.0924 e. The molecule has 0 N–H and O–H groups in total. The monoisotopic (exact) mass is 484 g/mol. The third-order valence-corrected chi connectivity index (χ3v) is 3.70. The van der Waals surface area contributed by atoms with Crippen LogP contribution in [-0.2, 0) is 6.42 Å². The first-order valence-electron chi connectivity index (χ1n) is 3.78. The Bertz CT molecular complexity index is 289. The largest absolute Gasteiger partial charge is 0.0924 e. The summed E-state index contributed by atoms with van der Waals surface area (Å²) in [6, 6.07) is 6.12. The normalized spacial score (nSPS) is 10.8. The van der Waals surface area contributed by atoms with Crippen LogP contribution < -0.4 is 0 Å². The number of rotatable bonds is 3. The Labute approximate surface area is 119 Å². The summed E-state index contributed by atoms with van der Waals surface area (Å²) in [5, 5.41) is 1.87. The van der Waals surface area contributed by atoms with Gasteiger partial charge in [-0.25, -0.2) is 0 Å². The lowest BCUT2D eigenvalue weighted by Gasteiger charge is -2.11. The minimum absolute atomic E-state index is 0.443. The van der Waals surface area contributed by atoms with Gasteiger partial charge in [-0.2, -0.15) is 0 Å². The van der Waals surface area contributed by atoms with Crippen LogP contribution in [0.4, 0.5) is 0 Å². The highest BCUT2D eigenvalue weighted by atomic mass is 127. The molecule has 0 saturated heterocycles. The highest BCUT2D eigenvalue weighted by Gasteiger charge is 2.11. The summed E-state index contributed by atoms with van der Waals surface area (Å²) in [4.78, 5) is 0. The van der Waals surface area contributed by atoms with E-state index in [0.29, 0.717) is 1.93 Å². The Morgan fingerprint density at radius 3 is 2.62 bits per heavy atom. The van der Waals surface area contributed by atoms with Crippen molar-refractivity contribution in [1.29, 1.82) is 0 Å². The standard InChI is InChI=1S/C9H8BrClI2/c10-5-4-6-2-1-3-7(11)8(6)9(12)13/h1-3,9H,4-5H2. The van der Waals surface area contributed by atoms with Gasteiger partial charge in [0.2, 0.25) is 0 Å². The molecule has 1 aromatic carbocycles. The molecule has 13 heavy (non-hydrogen) atoms. The fraction of sp³-hybridized carbons (Fsp3) is 0.333. The van der Waals surface area contributed by atoms with E-state index in [1.807, 2.05) is 12.1 Å². The highest BCUT2D eigenvalue weighted by Crippen LogP contribution is 2.37. The van der Waals surface area contributed by atoms with E-state index in [4.69, 9.17) is 11.6 Å². The molecule has 0 amide bonds. The fourth-order valence-electron chi connectivity index (χ4n) is 1.15. The Morgan fingerprint density at radius 1 is 1.38 bits per heavy atom. The molecule has 0 spiro atoms. The predicted molar refractivity (Wildman–Crippen MR) is 79.7 cm³/mol. The van der Waals surface area contributed by atoms with E-state index in [0.717, 1.165) is 16.8 Å². The zero-order valence-electron chi connectivity index (χ0n) is 6.74. The van der Waals surface area contributed by atoms with Crippen molar-refractivity contribution in [3.05, 3.63) is 34.3 Å². The number of hydrogen-bond donors (Lipinski definition) is 0. The van der Waals surface area contributed by atoms with Gasteiger partial charge in [0, 0.05) is 10.4 Å². The van der Waals surface area contributed by atoms with Gasteiger partial charge in [0.05, 0.1) is 1.93 Å². The summed E-state index contributed by atoms with van der Waals surface area (Å²) in [5.74, 6) is 0. The molecule has 0 unspecified atom stereocenters. The lowest BCUT2D eigenvalue weighted by atomic mass is 10.1. The van der Waals surface area contributed by atoms with Crippen LogP contribution in [0.5, 0.6) is 0 Å². The maximum atomic E-state index is 6.14. The van der Waals surface area contributed by atoms with Crippen molar-refractivity contribution in [3.63, 3.8) is 0 Å². The van der Waals surface area contributed by atoms with Crippen molar-refractivity contribution < 1.29 is 0 Å². The molecule has 4 heteroatoms. The van der Waals surface area contributed by atoms with E-state index >= 15 is 0 Å². The van der Waals surface area contributed by atoms with Gasteiger partial charge in [-0.3, -0.25) is 0 Å². The highest BCUT2D eigenvalue weighted by molar-refractivity contribution is 14.2. The molecule has 1 rings (SSSR count). The number of halogens is 4. The van der Waals surface area contributed by atoms with Crippen molar-refractivity contribution in [2.24, 2.45) is 0 Å². The van der Waals surface area contributed by atoms with Crippen molar-refractivity contribution in [1.82, 2.24) is 0 Å². The van der Waals surface area contributed by atoms with E-state index in [1.165, 1.54) is 11.1 Å². The van der Waals surface area contributed by atoms with E-state index in [1.54, 1.807) is 0 Å². The van der Waals surface area contributed by atoms with E-state index in [-0.39, 0.29) is 0 Å². The molecule has 0 aromatic heterocycles. The van der Waals surface area contributed by atoms with Crippen molar-refractivity contribution in [2.45, 2.75) is 8.35 Å². The SMILES string of the molecule is Clc1cccc(CCBr)c1C(I)I. The van der Waals surface area contributed by atoms with Crippen LogP contribution in [0, 0.1) is 0 Å². The smallest absolute Gasteiger partial charge is 0.0891 e. The topological polar surface area (TPSA) is 0 Å². The second kappa shape index (κ2) is 6.12. The molecule has 0 aliphatic rings. The quantitative estimate of drug-likeness (QED) is 0.411. The first-order valence-corrected chi connectivity index (χ1v) is 7.77. The summed E-state index contributed by atoms with van der Waals surface area (Å²) in [5.41, 5.74) is 2.61. The summed E-state index contributed by atoms with van der Waals surface area (Å²) in [6.07, 6.45) is 1.04. The first kappa shape index (κ1) is 12.5. The van der Waals surface area contributed by atoms with E-state index < -0.39 is 0 Å². The first-order chi connectivity index (χ1) is 6.16. The second-order valence-electron chi connectivity index (χ2n) is 2.55. The summed E-state index contributed by atoms with van der Waals surface area (Å²) >= 11 is 14.4. The summed E-state index contributed by atoms with van der Waals surface area (Å²) in [7, 11) is 0. The number of alkyl halides is 3. The molecule has 0 saturated carbocycles. The molecular formula is C9H8BrClI2. The molecule has 0 radical (unpaired) electrons. The third kappa shape index (κ3) is 3.50. The molecule has 0 nitrogen and oxygen atoms in total. The van der Waals surface area contributed by atoms with E-state index in [2.05, 4.69) is 67.2 Å². The molecule has 0 fully saturated rings. The maximum absolute atomic E-state index is 6.14. The summed E-state index contributed by atoms with van der Waals surface area (Å²) in [6.45, 7) is 0. The van der Waals surface area contributed by atoms with Crippen LogP contribution in [-0.4, -0.2) is 5.33 Å². The van der Waals surface area contributed by atoms with Gasteiger partial charge in [0.1, 0.15) is 0 Å². The number of aryl methyl sites for hydroxylation is 1. The average Bonchev–Trinajstić information content (AvgIpc) is 2.04. The molecule has 0 bridgehead atoms. The number of hydrogen-bond acceptors (Lipinski definition) is 0. The van der Waals surface area contributed by atoms with Crippen LogP contribution in [0.25, 0.3) is 0 Å². The van der Waals surface area contributed by atoms with Crippen molar-refractivity contribution in [3.8, 4) is 0 Å². The van der Waals surface area contributed by atoms with Crippen LogP contribution in [0.15, 0.2) is 18.2 Å². The van der Waals surface area contributed by atoms with Crippen molar-refractivity contribution in [2.75, 3.05) is 5.33 Å². The predicted octanol–water partition coefficient (Wildman–Crippen LogP) is 5.15. The number of benzene rings is 1. The van der Waals surface area contributed by atoms with Gasteiger partial charge in [-0.1, -0.05) is 84.8 Å². The molecule has 72 valence electrons. The van der Waals surface area contributed by atoms with Crippen molar-refractivity contribution >= 4 is 72.7 Å². The Balaban J connectivity index is 3.10. The minimum atomic E-state index is 0.443. The molecule has 0 heterocycles. The van der Waals surface area contributed by atoms with Crippen LogP contribution >= 0.6 is 72.7 Å². The van der Waals surface area contributed by atoms with Gasteiger partial charge in [0.15, 0.2) is 0 Å². The molecule has 1 aromatic rings. The van der Waals surface area contributed by atoms with Gasteiger partial charge >= 0.3 is 0 Å². The zero-order valence-corrected chi connectivity index (χ0v) is 13.4. The van der Waals surface area contributed by atoms with Crippen LogP contribution in [0.1, 0.15) is 13.1 Å². The molecule has 0 atom stereocenters. The summed E-state index contributed by atoms with van der Waals surface area (Å²) < 4.78 is 0.443. The second-order valence-corrected chi connectivity index (χ2v) is 8.63. The van der Waals surface area contributed by atoms with E-state index in [9.17, 15) is 0 Å². The fourth-order valence-corrected chi connectivity index (χ4v) is 3.72. The Hall–Kier alpha value is 1.45. The maximum Gasteiger partial charge on any atom is 0.0891 e. The van der Waals surface area contributed by atoms with Crippen LogP contribution in [0.2, 0.25) is 5.02 Å². The van der Waals surface area contributed by atoms with Gasteiger partial charge in [-0.15, -0.1) is 0 Å². The molecular weight excluding hydrogens is 477 g/mol.